The number of hydrogen-bond acceptors (Lipinski definition) is 7. The largest absolute Gasteiger partial charge is 0.460 e. The van der Waals surface area contributed by atoms with E-state index in [1.807, 2.05) is 41.3 Å². The molecule has 2 heterocycles. The number of para-hydroxylation sites is 1. The second-order valence-corrected chi connectivity index (χ2v) is 5.96. The molecule has 1 atom stereocenters. The summed E-state index contributed by atoms with van der Waals surface area (Å²) in [5.41, 5.74) is 2.45. The van der Waals surface area contributed by atoms with E-state index in [0.717, 1.165) is 11.3 Å². The van der Waals surface area contributed by atoms with Crippen LogP contribution in [0.1, 0.15) is 12.5 Å². The Morgan fingerprint density at radius 3 is 2.67 bits per heavy atom. The topological polar surface area (TPSA) is 88.3 Å². The smallest absolute Gasteiger partial charge is 0.376 e. The lowest BCUT2D eigenvalue weighted by Gasteiger charge is -2.32. The van der Waals surface area contributed by atoms with Crippen LogP contribution < -0.4 is 9.91 Å². The Labute approximate surface area is 155 Å². The Balaban J connectivity index is 1.77. The third kappa shape index (κ3) is 2.80. The van der Waals surface area contributed by atoms with Crippen molar-refractivity contribution in [1.82, 2.24) is 0 Å². The normalized spacial score (nSPS) is 17.2. The second-order valence-electron chi connectivity index (χ2n) is 5.96. The van der Waals surface area contributed by atoms with Crippen molar-refractivity contribution >= 4 is 34.9 Å². The molecule has 0 saturated heterocycles. The summed E-state index contributed by atoms with van der Waals surface area (Å²) < 4.78 is 5.17. The molecule has 2 aliphatic heterocycles. The highest BCUT2D eigenvalue weighted by Gasteiger charge is 2.41. The van der Waals surface area contributed by atoms with Crippen LogP contribution in [-0.4, -0.2) is 29.5 Å². The molecule has 0 bridgehead atoms. The lowest BCUT2D eigenvalue weighted by molar-refractivity contribution is -0.384. The van der Waals surface area contributed by atoms with E-state index in [-0.39, 0.29) is 24.3 Å². The Kier molecular flexibility index (Phi) is 4.08. The summed E-state index contributed by atoms with van der Waals surface area (Å²) in [6.07, 6.45) is 3.54. The first-order valence-electron chi connectivity index (χ1n) is 8.46. The van der Waals surface area contributed by atoms with E-state index in [1.165, 1.54) is 12.1 Å². The maximum atomic E-state index is 12.5. The van der Waals surface area contributed by atoms with E-state index in [1.54, 1.807) is 24.1 Å². The summed E-state index contributed by atoms with van der Waals surface area (Å²) in [4.78, 5) is 24.8. The minimum atomic E-state index is -0.517. The Hall–Kier alpha value is -3.68. The van der Waals surface area contributed by atoms with E-state index < -0.39 is 10.9 Å². The highest BCUT2D eigenvalue weighted by molar-refractivity contribution is 6.42. The fraction of sp³-hybridized carbons (Fsp3) is 0.158. The Morgan fingerprint density at radius 1 is 1.22 bits per heavy atom. The van der Waals surface area contributed by atoms with Crippen molar-refractivity contribution < 1.29 is 14.5 Å². The van der Waals surface area contributed by atoms with Crippen LogP contribution in [0.25, 0.3) is 6.08 Å². The first-order chi connectivity index (χ1) is 13.1. The number of benzene rings is 2. The lowest BCUT2D eigenvalue weighted by atomic mass is 10.1. The molecular weight excluding hydrogens is 348 g/mol. The molecule has 0 N–H and O–H groups in total. The molecule has 2 aromatic carbocycles. The number of fused-ring (bicyclic) bond motifs is 3. The molecule has 0 radical (unpaired) electrons. The van der Waals surface area contributed by atoms with Gasteiger partial charge in [0.25, 0.3) is 5.69 Å². The molecule has 0 fully saturated rings. The quantitative estimate of drug-likeness (QED) is 0.470. The van der Waals surface area contributed by atoms with Gasteiger partial charge in [-0.3, -0.25) is 15.0 Å². The van der Waals surface area contributed by atoms with Crippen molar-refractivity contribution in [2.24, 2.45) is 5.10 Å². The third-order valence-electron chi connectivity index (χ3n) is 4.37. The number of rotatable bonds is 4. The average Bonchev–Trinajstić information content (AvgIpc) is 3.08. The van der Waals surface area contributed by atoms with E-state index in [4.69, 9.17) is 4.74 Å². The molecule has 0 aliphatic carbocycles. The first kappa shape index (κ1) is 16.8. The molecule has 2 aliphatic rings. The fourth-order valence-electron chi connectivity index (χ4n) is 3.18. The number of hydrogen-bond donors (Lipinski definition) is 0. The van der Waals surface area contributed by atoms with Gasteiger partial charge in [0.05, 0.1) is 22.9 Å². The molecule has 4 rings (SSSR count). The van der Waals surface area contributed by atoms with E-state index in [0.29, 0.717) is 5.69 Å². The average molecular weight is 364 g/mol. The van der Waals surface area contributed by atoms with E-state index in [2.05, 4.69) is 5.10 Å². The number of hydrazone groups is 1. The highest BCUT2D eigenvalue weighted by Crippen LogP contribution is 2.36. The van der Waals surface area contributed by atoms with Gasteiger partial charge in [0, 0.05) is 12.1 Å². The molecule has 0 amide bonds. The first-order valence-corrected chi connectivity index (χ1v) is 8.46. The van der Waals surface area contributed by atoms with Crippen LogP contribution in [0.2, 0.25) is 0 Å². The number of carbonyl (C=O) groups is 1. The van der Waals surface area contributed by atoms with Gasteiger partial charge in [-0.15, -0.1) is 5.10 Å². The summed E-state index contributed by atoms with van der Waals surface area (Å²) in [6, 6.07) is 13.8. The molecule has 136 valence electrons. The number of nitro benzene ring substituents is 1. The minimum absolute atomic E-state index is 0.00562. The highest BCUT2D eigenvalue weighted by atomic mass is 16.6. The molecule has 0 spiro atoms. The number of anilines is 2. The number of non-ortho nitro benzene ring substituents is 1. The monoisotopic (exact) mass is 364 g/mol. The lowest BCUT2D eigenvalue weighted by Crippen LogP contribution is -2.45. The van der Waals surface area contributed by atoms with Gasteiger partial charge >= 0.3 is 5.97 Å². The maximum absolute atomic E-state index is 12.5. The zero-order valence-corrected chi connectivity index (χ0v) is 14.5. The van der Waals surface area contributed by atoms with Gasteiger partial charge in [-0.25, -0.2) is 9.80 Å². The predicted octanol–water partition coefficient (Wildman–Crippen LogP) is 3.15. The molecule has 27 heavy (non-hydrogen) atoms. The third-order valence-corrected chi connectivity index (χ3v) is 4.37. The number of amidine groups is 1. The summed E-state index contributed by atoms with van der Waals surface area (Å²) in [6.45, 7) is 1.98. The van der Waals surface area contributed by atoms with Gasteiger partial charge in [0.15, 0.2) is 0 Å². The van der Waals surface area contributed by atoms with Gasteiger partial charge in [-0.05, 0) is 36.8 Å². The predicted molar refractivity (Wildman–Crippen MR) is 101 cm³/mol. The summed E-state index contributed by atoms with van der Waals surface area (Å²) in [5.74, 6) is -0.339. The maximum Gasteiger partial charge on any atom is 0.376 e. The molecule has 0 saturated carbocycles. The van der Waals surface area contributed by atoms with Crippen molar-refractivity contribution in [3.8, 4) is 0 Å². The number of carbonyl (C=O) groups excluding carboxylic acids is 1. The van der Waals surface area contributed by atoms with Gasteiger partial charge in [-0.1, -0.05) is 24.3 Å². The van der Waals surface area contributed by atoms with Crippen molar-refractivity contribution in [3.05, 3.63) is 70.3 Å². The van der Waals surface area contributed by atoms with E-state index in [9.17, 15) is 14.9 Å². The van der Waals surface area contributed by atoms with Gasteiger partial charge < -0.3 is 4.74 Å². The number of esters is 1. The molecule has 0 aromatic heterocycles. The van der Waals surface area contributed by atoms with Crippen LogP contribution in [0.3, 0.4) is 0 Å². The van der Waals surface area contributed by atoms with Gasteiger partial charge in [-0.2, -0.15) is 0 Å². The number of ether oxygens (including phenoxy) is 1. The zero-order chi connectivity index (χ0) is 19.0. The molecule has 0 unspecified atom stereocenters. The molecule has 8 heteroatoms. The minimum Gasteiger partial charge on any atom is -0.460 e. The van der Waals surface area contributed by atoms with Gasteiger partial charge in [0.2, 0.25) is 5.84 Å². The summed E-state index contributed by atoms with van der Waals surface area (Å²) in [5, 5.41) is 17.0. The van der Waals surface area contributed by atoms with Gasteiger partial charge in [0.1, 0.15) is 6.17 Å². The summed E-state index contributed by atoms with van der Waals surface area (Å²) >= 11 is 0. The number of nitro groups is 1. The van der Waals surface area contributed by atoms with Crippen LogP contribution >= 0.6 is 0 Å². The van der Waals surface area contributed by atoms with Crippen molar-refractivity contribution in [3.63, 3.8) is 0 Å². The molecule has 8 nitrogen and oxygen atoms in total. The Morgan fingerprint density at radius 2 is 1.96 bits per heavy atom. The summed E-state index contributed by atoms with van der Waals surface area (Å²) in [7, 11) is 0. The fourth-order valence-corrected chi connectivity index (χ4v) is 3.18. The van der Waals surface area contributed by atoms with Crippen LogP contribution in [-0.2, 0) is 9.53 Å². The van der Waals surface area contributed by atoms with Crippen molar-refractivity contribution in [2.45, 2.75) is 13.1 Å². The Bertz CT molecular complexity index is 968. The van der Waals surface area contributed by atoms with Crippen molar-refractivity contribution in [1.29, 1.82) is 0 Å². The van der Waals surface area contributed by atoms with E-state index >= 15 is 0 Å². The number of nitrogens with zero attached hydrogens (tertiary/aromatic N) is 4. The molecular formula is C19H16N4O4. The van der Waals surface area contributed by atoms with Crippen LogP contribution in [0.15, 0.2) is 59.7 Å². The molecule has 2 aromatic rings. The second kappa shape index (κ2) is 6.56. The van der Waals surface area contributed by atoms with Crippen molar-refractivity contribution in [2.75, 3.05) is 16.5 Å². The SMILES string of the molecule is CCOC(=O)C1=NN(c2ccc([N+](=O)[O-])cc2)[C@@H]2C=Cc3ccccc3N12. The van der Waals surface area contributed by atoms with Crippen LogP contribution in [0.5, 0.6) is 0 Å². The zero-order valence-electron chi connectivity index (χ0n) is 14.5. The van der Waals surface area contributed by atoms with Crippen LogP contribution in [0.4, 0.5) is 17.1 Å². The standard InChI is InChI=1S/C19H16N4O4/c1-2-27-19(24)18-20-22(14-8-10-15(11-9-14)23(25)26)17-12-7-13-5-3-4-6-16(13)21(17)18/h3-12,17H,2H2,1H3/t17-/m1/s1. The van der Waals surface area contributed by atoms with Crippen LogP contribution in [0, 0.1) is 10.1 Å².